The van der Waals surface area contributed by atoms with E-state index in [-0.39, 0.29) is 11.5 Å². The molecule has 6 heteroatoms. The SMILES string of the molecule is CC(C)c1ccn(-c2ccc(C(F)(F)F)cc2C#N)n1. The van der Waals surface area contributed by atoms with Gasteiger partial charge in [-0.05, 0) is 30.2 Å². The number of benzene rings is 1. The van der Waals surface area contributed by atoms with Gasteiger partial charge in [0.2, 0.25) is 0 Å². The number of alkyl halides is 3. The lowest BCUT2D eigenvalue weighted by Gasteiger charge is -2.10. The number of hydrogen-bond acceptors (Lipinski definition) is 2. The van der Waals surface area contributed by atoms with Crippen molar-refractivity contribution in [3.8, 4) is 11.8 Å². The molecule has 0 saturated heterocycles. The van der Waals surface area contributed by atoms with E-state index in [0.717, 1.165) is 17.8 Å². The molecule has 3 nitrogen and oxygen atoms in total. The van der Waals surface area contributed by atoms with Gasteiger partial charge in [-0.25, -0.2) is 4.68 Å². The summed E-state index contributed by atoms with van der Waals surface area (Å²) in [5.41, 5.74) is 0.258. The third-order valence-corrected chi connectivity index (χ3v) is 2.89. The fourth-order valence-electron chi connectivity index (χ4n) is 1.78. The summed E-state index contributed by atoms with van der Waals surface area (Å²) in [4.78, 5) is 0. The maximum absolute atomic E-state index is 12.6. The maximum atomic E-state index is 12.6. The van der Waals surface area contributed by atoms with Crippen molar-refractivity contribution in [3.63, 3.8) is 0 Å². The molecule has 0 N–H and O–H groups in total. The molecule has 2 rings (SSSR count). The summed E-state index contributed by atoms with van der Waals surface area (Å²) in [5, 5.41) is 13.3. The molecule has 0 bridgehead atoms. The Morgan fingerprint density at radius 3 is 2.45 bits per heavy atom. The van der Waals surface area contributed by atoms with E-state index in [2.05, 4.69) is 5.10 Å². The molecule has 0 aliphatic heterocycles. The molecule has 0 atom stereocenters. The van der Waals surface area contributed by atoms with E-state index in [1.165, 1.54) is 10.7 Å². The standard InChI is InChI=1S/C14H12F3N3/c1-9(2)12-5-6-20(19-12)13-4-3-11(14(15,16)17)7-10(13)8-18/h3-7,9H,1-2H3. The monoisotopic (exact) mass is 279 g/mol. The van der Waals surface area contributed by atoms with Crippen LogP contribution in [0.4, 0.5) is 13.2 Å². The lowest BCUT2D eigenvalue weighted by molar-refractivity contribution is -0.137. The van der Waals surface area contributed by atoms with Crippen LogP contribution in [0, 0.1) is 11.3 Å². The van der Waals surface area contributed by atoms with Crippen LogP contribution < -0.4 is 0 Å². The third-order valence-electron chi connectivity index (χ3n) is 2.89. The molecule has 0 unspecified atom stereocenters. The largest absolute Gasteiger partial charge is 0.416 e. The van der Waals surface area contributed by atoms with Gasteiger partial charge >= 0.3 is 6.18 Å². The molecule has 2 aromatic rings. The molecule has 0 aliphatic carbocycles. The van der Waals surface area contributed by atoms with Gasteiger partial charge in [0.1, 0.15) is 6.07 Å². The Morgan fingerprint density at radius 1 is 1.25 bits per heavy atom. The van der Waals surface area contributed by atoms with Gasteiger partial charge in [-0.3, -0.25) is 0 Å². The van der Waals surface area contributed by atoms with Crippen LogP contribution >= 0.6 is 0 Å². The molecule has 0 radical (unpaired) electrons. The Bertz CT molecular complexity index is 663. The summed E-state index contributed by atoms with van der Waals surface area (Å²) in [5.74, 6) is 0.205. The molecular weight excluding hydrogens is 267 g/mol. The summed E-state index contributed by atoms with van der Waals surface area (Å²) in [6, 6.07) is 6.62. The Labute approximate surface area is 114 Å². The number of nitriles is 1. The van der Waals surface area contributed by atoms with E-state index in [0.29, 0.717) is 5.69 Å². The summed E-state index contributed by atoms with van der Waals surface area (Å²) in [6.07, 6.45) is -2.82. The van der Waals surface area contributed by atoms with Gasteiger partial charge in [-0.2, -0.15) is 23.5 Å². The molecule has 0 fully saturated rings. The summed E-state index contributed by atoms with van der Waals surface area (Å²) in [6.45, 7) is 3.93. The summed E-state index contributed by atoms with van der Waals surface area (Å²) in [7, 11) is 0. The Hall–Kier alpha value is -2.29. The molecule has 1 heterocycles. The third kappa shape index (κ3) is 2.67. The first-order chi connectivity index (χ1) is 9.32. The fourth-order valence-corrected chi connectivity index (χ4v) is 1.78. The van der Waals surface area contributed by atoms with Crippen LogP contribution in [0.3, 0.4) is 0 Å². The molecule has 0 amide bonds. The smallest absolute Gasteiger partial charge is 0.239 e. The Morgan fingerprint density at radius 2 is 1.95 bits per heavy atom. The highest BCUT2D eigenvalue weighted by Crippen LogP contribution is 2.31. The minimum Gasteiger partial charge on any atom is -0.239 e. The number of halogens is 3. The molecule has 104 valence electrons. The van der Waals surface area contributed by atoms with Gasteiger partial charge in [0.25, 0.3) is 0 Å². The minimum atomic E-state index is -4.46. The highest BCUT2D eigenvalue weighted by atomic mass is 19.4. The van der Waals surface area contributed by atoms with Crippen LogP contribution in [-0.4, -0.2) is 9.78 Å². The first kappa shape index (κ1) is 14.1. The quantitative estimate of drug-likeness (QED) is 0.837. The van der Waals surface area contributed by atoms with Crippen LogP contribution in [0.2, 0.25) is 0 Å². The van der Waals surface area contributed by atoms with Crippen molar-refractivity contribution in [2.24, 2.45) is 0 Å². The van der Waals surface area contributed by atoms with Crippen molar-refractivity contribution >= 4 is 0 Å². The molecule has 1 aromatic heterocycles. The predicted octanol–water partition coefficient (Wildman–Crippen LogP) is 3.89. The number of aromatic nitrogens is 2. The van der Waals surface area contributed by atoms with Crippen molar-refractivity contribution in [2.45, 2.75) is 25.9 Å². The minimum absolute atomic E-state index is 0.0572. The molecule has 1 aromatic carbocycles. The zero-order valence-corrected chi connectivity index (χ0v) is 10.9. The molecular formula is C14H12F3N3. The Kier molecular flexibility index (Phi) is 3.53. The normalized spacial score (nSPS) is 11.7. The van der Waals surface area contributed by atoms with Gasteiger partial charge in [-0.1, -0.05) is 13.8 Å². The Balaban J connectivity index is 2.49. The van der Waals surface area contributed by atoms with E-state index < -0.39 is 11.7 Å². The van der Waals surface area contributed by atoms with E-state index in [9.17, 15) is 13.2 Å². The van der Waals surface area contributed by atoms with Crippen LogP contribution in [0.15, 0.2) is 30.5 Å². The molecule has 0 spiro atoms. The number of nitrogens with zero attached hydrogens (tertiary/aromatic N) is 3. The van der Waals surface area contributed by atoms with Crippen molar-refractivity contribution < 1.29 is 13.2 Å². The van der Waals surface area contributed by atoms with Crippen molar-refractivity contribution in [1.82, 2.24) is 9.78 Å². The zero-order chi connectivity index (χ0) is 14.9. The van der Waals surface area contributed by atoms with Crippen molar-refractivity contribution in [3.05, 3.63) is 47.3 Å². The summed E-state index contributed by atoms with van der Waals surface area (Å²) < 4.78 is 39.3. The maximum Gasteiger partial charge on any atom is 0.416 e. The highest BCUT2D eigenvalue weighted by Gasteiger charge is 2.31. The topological polar surface area (TPSA) is 41.6 Å². The molecule has 0 saturated carbocycles. The first-order valence-electron chi connectivity index (χ1n) is 6.00. The van der Waals surface area contributed by atoms with Crippen LogP contribution in [0.25, 0.3) is 5.69 Å². The van der Waals surface area contributed by atoms with E-state index in [1.807, 2.05) is 13.8 Å². The second-order valence-electron chi connectivity index (χ2n) is 4.68. The van der Waals surface area contributed by atoms with E-state index >= 15 is 0 Å². The second-order valence-corrected chi connectivity index (χ2v) is 4.68. The second kappa shape index (κ2) is 5.00. The van der Waals surface area contributed by atoms with Crippen LogP contribution in [0.1, 0.15) is 36.6 Å². The van der Waals surface area contributed by atoms with Gasteiger partial charge < -0.3 is 0 Å². The van der Waals surface area contributed by atoms with Gasteiger partial charge in [0.05, 0.1) is 22.5 Å². The highest BCUT2D eigenvalue weighted by molar-refractivity contribution is 5.50. The number of rotatable bonds is 2. The van der Waals surface area contributed by atoms with Crippen LogP contribution in [0.5, 0.6) is 0 Å². The zero-order valence-electron chi connectivity index (χ0n) is 10.9. The average Bonchev–Trinajstić information content (AvgIpc) is 2.86. The van der Waals surface area contributed by atoms with E-state index in [1.54, 1.807) is 18.3 Å². The van der Waals surface area contributed by atoms with Crippen molar-refractivity contribution in [2.75, 3.05) is 0 Å². The lowest BCUT2D eigenvalue weighted by Crippen LogP contribution is -2.07. The van der Waals surface area contributed by atoms with Crippen LogP contribution in [-0.2, 0) is 6.18 Å². The first-order valence-corrected chi connectivity index (χ1v) is 6.00. The molecule has 20 heavy (non-hydrogen) atoms. The van der Waals surface area contributed by atoms with Gasteiger partial charge in [0.15, 0.2) is 0 Å². The van der Waals surface area contributed by atoms with Crippen molar-refractivity contribution in [1.29, 1.82) is 5.26 Å². The van der Waals surface area contributed by atoms with Gasteiger partial charge in [-0.15, -0.1) is 0 Å². The predicted molar refractivity (Wildman–Crippen MR) is 67.4 cm³/mol. The van der Waals surface area contributed by atoms with Gasteiger partial charge in [0, 0.05) is 6.20 Å². The van der Waals surface area contributed by atoms with E-state index in [4.69, 9.17) is 5.26 Å². The summed E-state index contributed by atoms with van der Waals surface area (Å²) >= 11 is 0. The fraction of sp³-hybridized carbons (Fsp3) is 0.286. The number of hydrogen-bond donors (Lipinski definition) is 0. The molecule has 0 aliphatic rings. The lowest BCUT2D eigenvalue weighted by atomic mass is 10.1. The average molecular weight is 279 g/mol.